The first-order chi connectivity index (χ1) is 7.91. The van der Waals surface area contributed by atoms with Gasteiger partial charge in [-0.1, -0.05) is 13.8 Å². The quantitative estimate of drug-likeness (QED) is 0.860. The van der Waals surface area contributed by atoms with Crippen LogP contribution in [-0.4, -0.2) is 54.0 Å². The van der Waals surface area contributed by atoms with Crippen molar-refractivity contribution >= 4 is 30.7 Å². The molecule has 0 aromatic heterocycles. The monoisotopic (exact) mass is 313 g/mol. The molecule has 6 heteroatoms. The number of amides is 1. The van der Waals surface area contributed by atoms with E-state index in [2.05, 4.69) is 32.6 Å². The van der Waals surface area contributed by atoms with Gasteiger partial charge in [0, 0.05) is 32.2 Å². The van der Waals surface area contributed by atoms with Crippen LogP contribution in [0.15, 0.2) is 0 Å². The Morgan fingerprint density at radius 3 is 1.89 bits per heavy atom. The number of hydrogen-bond acceptors (Lipinski definition) is 3. The van der Waals surface area contributed by atoms with Gasteiger partial charge >= 0.3 is 0 Å². The van der Waals surface area contributed by atoms with Crippen LogP contribution >= 0.6 is 24.8 Å². The second-order valence-electron chi connectivity index (χ2n) is 5.69. The number of nitrogens with two attached hydrogens (primary N) is 1. The summed E-state index contributed by atoms with van der Waals surface area (Å²) in [6.07, 6.45) is 0.781. The van der Waals surface area contributed by atoms with Crippen LogP contribution in [0.5, 0.6) is 0 Å². The van der Waals surface area contributed by atoms with Crippen LogP contribution in [0.1, 0.15) is 34.1 Å². The van der Waals surface area contributed by atoms with Crippen LogP contribution in [0.3, 0.4) is 0 Å². The molecule has 1 aliphatic heterocycles. The molecular formula is C13H29Cl2N3O. The number of piperazine rings is 1. The van der Waals surface area contributed by atoms with Crippen LogP contribution in [0.25, 0.3) is 0 Å². The second kappa shape index (κ2) is 9.81. The summed E-state index contributed by atoms with van der Waals surface area (Å²) in [6, 6.07) is 0.247. The van der Waals surface area contributed by atoms with Gasteiger partial charge in [0.05, 0.1) is 6.04 Å². The molecule has 4 nitrogen and oxygen atoms in total. The van der Waals surface area contributed by atoms with Gasteiger partial charge in [-0.2, -0.15) is 0 Å². The summed E-state index contributed by atoms with van der Waals surface area (Å²) in [6.45, 7) is 12.2. The van der Waals surface area contributed by atoms with Crippen molar-refractivity contribution in [2.75, 3.05) is 26.2 Å². The third kappa shape index (κ3) is 6.80. The van der Waals surface area contributed by atoms with E-state index >= 15 is 0 Å². The van der Waals surface area contributed by atoms with Crippen LogP contribution in [-0.2, 0) is 4.79 Å². The summed E-state index contributed by atoms with van der Waals surface area (Å²) in [5, 5.41) is 0. The summed E-state index contributed by atoms with van der Waals surface area (Å²) >= 11 is 0. The minimum atomic E-state index is -0.319. The number of hydrogen-bond donors (Lipinski definition) is 1. The molecule has 0 unspecified atom stereocenters. The Kier molecular flexibility index (Phi) is 11.0. The molecule has 0 bridgehead atoms. The Hall–Kier alpha value is -0.0300. The van der Waals surface area contributed by atoms with Crippen LogP contribution in [0.2, 0.25) is 0 Å². The Labute approximate surface area is 129 Å². The highest BCUT2D eigenvalue weighted by atomic mass is 35.5. The fourth-order valence-corrected chi connectivity index (χ4v) is 2.30. The maximum Gasteiger partial charge on any atom is 0.239 e. The largest absolute Gasteiger partial charge is 0.339 e. The van der Waals surface area contributed by atoms with E-state index in [1.165, 1.54) is 0 Å². The van der Waals surface area contributed by atoms with E-state index in [-0.39, 0.29) is 36.8 Å². The third-order valence-electron chi connectivity index (χ3n) is 3.40. The summed E-state index contributed by atoms with van der Waals surface area (Å²) in [4.78, 5) is 16.4. The highest BCUT2D eigenvalue weighted by Crippen LogP contribution is 2.10. The van der Waals surface area contributed by atoms with E-state index in [1.807, 2.05) is 4.90 Å². The van der Waals surface area contributed by atoms with Gasteiger partial charge in [0.2, 0.25) is 5.91 Å². The normalized spacial score (nSPS) is 17.9. The van der Waals surface area contributed by atoms with Crippen LogP contribution in [0, 0.1) is 5.92 Å². The summed E-state index contributed by atoms with van der Waals surface area (Å²) < 4.78 is 0. The van der Waals surface area contributed by atoms with Crippen molar-refractivity contribution in [2.45, 2.75) is 46.2 Å². The number of carbonyl (C=O) groups is 1. The van der Waals surface area contributed by atoms with E-state index < -0.39 is 0 Å². The minimum Gasteiger partial charge on any atom is -0.339 e. The zero-order chi connectivity index (χ0) is 13.0. The zero-order valence-corrected chi connectivity index (χ0v) is 14.1. The van der Waals surface area contributed by atoms with Gasteiger partial charge < -0.3 is 10.6 Å². The molecule has 1 fully saturated rings. The van der Waals surface area contributed by atoms with Gasteiger partial charge in [0.1, 0.15) is 0 Å². The zero-order valence-electron chi connectivity index (χ0n) is 12.5. The molecule has 1 atom stereocenters. The van der Waals surface area contributed by atoms with E-state index in [1.54, 1.807) is 0 Å². The topological polar surface area (TPSA) is 49.6 Å². The maximum atomic E-state index is 12.1. The molecule has 2 N–H and O–H groups in total. The standard InChI is InChI=1S/C13H27N3O.2ClH/c1-10(2)9-12(14)13(17)16-7-5-15(6-8-16)11(3)4;;/h10-12H,5-9,14H2,1-4H3;2*1H/t12-;;/m0../s1. The first-order valence-corrected chi connectivity index (χ1v) is 6.70. The van der Waals surface area contributed by atoms with Crippen molar-refractivity contribution in [3.8, 4) is 0 Å². The fraction of sp³-hybridized carbons (Fsp3) is 0.923. The predicted octanol–water partition coefficient (Wildman–Crippen LogP) is 1.76. The lowest BCUT2D eigenvalue weighted by molar-refractivity contribution is -0.135. The van der Waals surface area contributed by atoms with E-state index in [0.717, 1.165) is 32.6 Å². The van der Waals surface area contributed by atoms with Crippen molar-refractivity contribution in [2.24, 2.45) is 11.7 Å². The molecule has 1 aliphatic rings. The van der Waals surface area contributed by atoms with Gasteiger partial charge in [0.15, 0.2) is 0 Å². The average Bonchev–Trinajstić information content (AvgIpc) is 2.27. The summed E-state index contributed by atoms with van der Waals surface area (Å²) in [5.74, 6) is 0.605. The Morgan fingerprint density at radius 1 is 1.05 bits per heavy atom. The van der Waals surface area contributed by atoms with Crippen LogP contribution < -0.4 is 5.73 Å². The van der Waals surface area contributed by atoms with Crippen molar-refractivity contribution < 1.29 is 4.79 Å². The van der Waals surface area contributed by atoms with Crippen molar-refractivity contribution in [3.05, 3.63) is 0 Å². The predicted molar refractivity (Wildman–Crippen MR) is 85.2 cm³/mol. The molecule has 0 aliphatic carbocycles. The Bertz CT molecular complexity index is 254. The first-order valence-electron chi connectivity index (χ1n) is 6.70. The van der Waals surface area contributed by atoms with Gasteiger partial charge in [-0.25, -0.2) is 0 Å². The van der Waals surface area contributed by atoms with Crippen LogP contribution in [0.4, 0.5) is 0 Å². The molecule has 0 spiro atoms. The molecule has 1 amide bonds. The van der Waals surface area contributed by atoms with Crippen molar-refractivity contribution in [1.82, 2.24) is 9.80 Å². The molecule has 1 saturated heterocycles. The first kappa shape index (κ1) is 21.3. The highest BCUT2D eigenvalue weighted by molar-refractivity contribution is 5.85. The molecule has 0 aromatic carbocycles. The third-order valence-corrected chi connectivity index (χ3v) is 3.40. The second-order valence-corrected chi connectivity index (χ2v) is 5.69. The summed E-state index contributed by atoms with van der Waals surface area (Å²) in [7, 11) is 0. The minimum absolute atomic E-state index is 0. The number of nitrogens with zero attached hydrogens (tertiary/aromatic N) is 2. The van der Waals surface area contributed by atoms with Crippen molar-refractivity contribution in [3.63, 3.8) is 0 Å². The smallest absolute Gasteiger partial charge is 0.239 e. The van der Waals surface area contributed by atoms with Gasteiger partial charge in [0.25, 0.3) is 0 Å². The number of carbonyl (C=O) groups excluding carboxylic acids is 1. The lowest BCUT2D eigenvalue weighted by atomic mass is 10.0. The maximum absolute atomic E-state index is 12.1. The van der Waals surface area contributed by atoms with Crippen molar-refractivity contribution in [1.29, 1.82) is 0 Å². The molecule has 1 heterocycles. The fourth-order valence-electron chi connectivity index (χ4n) is 2.30. The van der Waals surface area contributed by atoms with E-state index in [9.17, 15) is 4.79 Å². The highest BCUT2D eigenvalue weighted by Gasteiger charge is 2.26. The van der Waals surface area contributed by atoms with E-state index in [0.29, 0.717) is 12.0 Å². The van der Waals surface area contributed by atoms with E-state index in [4.69, 9.17) is 5.73 Å². The number of rotatable bonds is 4. The lowest BCUT2D eigenvalue weighted by Crippen LogP contribution is -2.54. The molecule has 19 heavy (non-hydrogen) atoms. The Balaban J connectivity index is 0. The Morgan fingerprint density at radius 2 is 1.53 bits per heavy atom. The molecular weight excluding hydrogens is 285 g/mol. The molecule has 1 rings (SSSR count). The molecule has 116 valence electrons. The lowest BCUT2D eigenvalue weighted by Gasteiger charge is -2.38. The number of halogens is 2. The SMILES string of the molecule is CC(C)C[C@H](N)C(=O)N1CCN(C(C)C)CC1.Cl.Cl. The molecule has 0 radical (unpaired) electrons. The molecule has 0 saturated carbocycles. The molecule has 0 aromatic rings. The van der Waals surface area contributed by atoms with Gasteiger partial charge in [-0.05, 0) is 26.2 Å². The van der Waals surface area contributed by atoms with Gasteiger partial charge in [-0.3, -0.25) is 9.69 Å². The van der Waals surface area contributed by atoms with Gasteiger partial charge in [-0.15, -0.1) is 24.8 Å². The average molecular weight is 314 g/mol. The summed E-state index contributed by atoms with van der Waals surface area (Å²) in [5.41, 5.74) is 5.94.